The van der Waals surface area contributed by atoms with Crippen molar-refractivity contribution >= 4 is 0 Å². The Kier molecular flexibility index (Phi) is 4.81. The summed E-state index contributed by atoms with van der Waals surface area (Å²) in [6.45, 7) is 13.4. The predicted octanol–water partition coefficient (Wildman–Crippen LogP) is 3.57. The first-order valence-electron chi connectivity index (χ1n) is 6.82. The van der Waals surface area contributed by atoms with Gasteiger partial charge in [0.2, 0.25) is 0 Å². The molecule has 0 radical (unpaired) electrons. The van der Waals surface area contributed by atoms with Gasteiger partial charge in [-0.15, -0.1) is 0 Å². The molecule has 0 bridgehead atoms. The molecule has 0 aromatic carbocycles. The molecule has 1 rings (SSSR count). The second-order valence-corrected chi connectivity index (χ2v) is 6.25. The van der Waals surface area contributed by atoms with Crippen molar-refractivity contribution in [1.82, 2.24) is 5.32 Å². The van der Waals surface area contributed by atoms with Crippen LogP contribution in [0.25, 0.3) is 0 Å². The Balaban J connectivity index is 2.55. The molecule has 1 aliphatic heterocycles. The summed E-state index contributed by atoms with van der Waals surface area (Å²) in [5.74, 6) is 0.634. The van der Waals surface area contributed by atoms with E-state index < -0.39 is 0 Å². The fourth-order valence-corrected chi connectivity index (χ4v) is 2.49. The molecule has 16 heavy (non-hydrogen) atoms. The Morgan fingerprint density at radius 3 is 2.06 bits per heavy atom. The van der Waals surface area contributed by atoms with E-state index in [0.29, 0.717) is 11.3 Å². The van der Waals surface area contributed by atoms with Crippen LogP contribution < -0.4 is 5.32 Å². The summed E-state index contributed by atoms with van der Waals surface area (Å²) in [6.07, 6.45) is 4.65. The third kappa shape index (κ3) is 3.46. The molecule has 0 saturated carbocycles. The lowest BCUT2D eigenvalue weighted by atomic mass is 9.79. The van der Waals surface area contributed by atoms with Gasteiger partial charge in [0.15, 0.2) is 0 Å². The largest absolute Gasteiger partial charge is 0.360 e. The Morgan fingerprint density at radius 2 is 1.75 bits per heavy atom. The van der Waals surface area contributed by atoms with Gasteiger partial charge in [0.25, 0.3) is 0 Å². The zero-order valence-corrected chi connectivity index (χ0v) is 11.7. The van der Waals surface area contributed by atoms with Crippen molar-refractivity contribution in [3.8, 4) is 0 Å². The fraction of sp³-hybridized carbons (Fsp3) is 1.00. The van der Waals surface area contributed by atoms with E-state index in [1.54, 1.807) is 0 Å². The second kappa shape index (κ2) is 5.50. The van der Waals surface area contributed by atoms with Gasteiger partial charge < -0.3 is 4.74 Å². The van der Waals surface area contributed by atoms with Crippen LogP contribution in [0.15, 0.2) is 0 Å². The minimum atomic E-state index is -0.0226. The van der Waals surface area contributed by atoms with Gasteiger partial charge in [0.05, 0.1) is 6.61 Å². The Labute approximate surface area is 101 Å². The molecule has 1 aliphatic rings. The van der Waals surface area contributed by atoms with E-state index in [-0.39, 0.29) is 5.72 Å². The Bertz CT molecular complexity index is 191. The summed E-state index contributed by atoms with van der Waals surface area (Å²) < 4.78 is 6.17. The van der Waals surface area contributed by atoms with Crippen LogP contribution in [0.3, 0.4) is 0 Å². The molecule has 2 heteroatoms. The molecule has 1 fully saturated rings. The fourth-order valence-electron chi connectivity index (χ4n) is 2.49. The van der Waals surface area contributed by atoms with E-state index in [0.717, 1.165) is 26.0 Å². The van der Waals surface area contributed by atoms with Gasteiger partial charge in [0, 0.05) is 6.54 Å². The highest BCUT2D eigenvalue weighted by molar-refractivity contribution is 4.87. The first kappa shape index (κ1) is 14.0. The summed E-state index contributed by atoms with van der Waals surface area (Å²) in [4.78, 5) is 0. The lowest BCUT2D eigenvalue weighted by Gasteiger charge is -2.45. The standard InChI is InChI=1S/C14H29NO/c1-6-8-14(9-7-2)15-10-12(11-16-14)13(3,4)5/h12,15H,6-11H2,1-5H3. The van der Waals surface area contributed by atoms with Crippen molar-refractivity contribution < 1.29 is 4.74 Å². The van der Waals surface area contributed by atoms with Crippen molar-refractivity contribution in [3.63, 3.8) is 0 Å². The van der Waals surface area contributed by atoms with Crippen LogP contribution in [0.5, 0.6) is 0 Å². The van der Waals surface area contributed by atoms with Crippen LogP contribution in [0.1, 0.15) is 60.3 Å². The molecule has 1 N–H and O–H groups in total. The van der Waals surface area contributed by atoms with Gasteiger partial charge in [-0.2, -0.15) is 0 Å². The quantitative estimate of drug-likeness (QED) is 0.793. The van der Waals surface area contributed by atoms with E-state index in [9.17, 15) is 0 Å². The molecule has 1 unspecified atom stereocenters. The molecular formula is C14H29NO. The summed E-state index contributed by atoms with van der Waals surface area (Å²) in [7, 11) is 0. The average molecular weight is 227 g/mol. The van der Waals surface area contributed by atoms with E-state index in [4.69, 9.17) is 4.74 Å². The topological polar surface area (TPSA) is 21.3 Å². The molecule has 0 aromatic heterocycles. The minimum Gasteiger partial charge on any atom is -0.360 e. The van der Waals surface area contributed by atoms with E-state index in [1.165, 1.54) is 12.8 Å². The maximum Gasteiger partial charge on any atom is 0.119 e. The Hall–Kier alpha value is -0.0800. The first-order chi connectivity index (χ1) is 7.43. The number of ether oxygens (including phenoxy) is 1. The van der Waals surface area contributed by atoms with Crippen molar-refractivity contribution in [2.45, 2.75) is 66.0 Å². The SMILES string of the molecule is CCCC1(CCC)NCC(C(C)(C)C)CO1. The molecule has 1 heterocycles. The molecule has 0 spiro atoms. The normalized spacial score (nSPS) is 25.7. The first-order valence-corrected chi connectivity index (χ1v) is 6.82. The third-order valence-electron chi connectivity index (χ3n) is 3.76. The van der Waals surface area contributed by atoms with Crippen LogP contribution in [-0.2, 0) is 4.74 Å². The lowest BCUT2D eigenvalue weighted by Crippen LogP contribution is -2.56. The molecular weight excluding hydrogens is 198 g/mol. The zero-order chi connectivity index (χ0) is 12.2. The van der Waals surface area contributed by atoms with Crippen LogP contribution >= 0.6 is 0 Å². The molecule has 2 nitrogen and oxygen atoms in total. The molecule has 96 valence electrons. The van der Waals surface area contributed by atoms with Crippen molar-refractivity contribution in [1.29, 1.82) is 0 Å². The third-order valence-corrected chi connectivity index (χ3v) is 3.76. The molecule has 0 amide bonds. The van der Waals surface area contributed by atoms with Gasteiger partial charge in [-0.05, 0) is 24.2 Å². The van der Waals surface area contributed by atoms with E-state index in [1.807, 2.05) is 0 Å². The summed E-state index contributed by atoms with van der Waals surface area (Å²) in [5, 5.41) is 3.67. The van der Waals surface area contributed by atoms with E-state index >= 15 is 0 Å². The monoisotopic (exact) mass is 227 g/mol. The number of hydrogen-bond acceptors (Lipinski definition) is 2. The number of hydrogen-bond donors (Lipinski definition) is 1. The van der Waals surface area contributed by atoms with Gasteiger partial charge >= 0.3 is 0 Å². The molecule has 1 atom stereocenters. The number of rotatable bonds is 4. The Morgan fingerprint density at radius 1 is 1.19 bits per heavy atom. The van der Waals surface area contributed by atoms with Crippen LogP contribution in [0.4, 0.5) is 0 Å². The van der Waals surface area contributed by atoms with Crippen LogP contribution in [-0.4, -0.2) is 18.9 Å². The zero-order valence-electron chi connectivity index (χ0n) is 11.7. The van der Waals surface area contributed by atoms with Gasteiger partial charge in [-0.3, -0.25) is 5.32 Å². The highest BCUT2D eigenvalue weighted by Crippen LogP contribution is 2.33. The van der Waals surface area contributed by atoms with E-state index in [2.05, 4.69) is 39.9 Å². The van der Waals surface area contributed by atoms with Gasteiger partial charge in [-0.25, -0.2) is 0 Å². The lowest BCUT2D eigenvalue weighted by molar-refractivity contribution is -0.141. The highest BCUT2D eigenvalue weighted by Gasteiger charge is 2.37. The molecule has 0 aromatic rings. The van der Waals surface area contributed by atoms with Crippen LogP contribution in [0.2, 0.25) is 0 Å². The summed E-state index contributed by atoms with van der Waals surface area (Å²) in [5.41, 5.74) is 0.322. The van der Waals surface area contributed by atoms with Crippen molar-refractivity contribution in [3.05, 3.63) is 0 Å². The second-order valence-electron chi connectivity index (χ2n) is 6.25. The number of nitrogens with one attached hydrogen (secondary N) is 1. The minimum absolute atomic E-state index is 0.0226. The average Bonchev–Trinajstić information content (AvgIpc) is 2.17. The highest BCUT2D eigenvalue weighted by atomic mass is 16.5. The maximum absolute atomic E-state index is 6.17. The smallest absolute Gasteiger partial charge is 0.119 e. The van der Waals surface area contributed by atoms with Crippen molar-refractivity contribution in [2.75, 3.05) is 13.2 Å². The maximum atomic E-state index is 6.17. The predicted molar refractivity (Wildman–Crippen MR) is 69.4 cm³/mol. The molecule has 0 aliphatic carbocycles. The van der Waals surface area contributed by atoms with Gasteiger partial charge in [-0.1, -0.05) is 47.5 Å². The summed E-state index contributed by atoms with van der Waals surface area (Å²) >= 11 is 0. The van der Waals surface area contributed by atoms with Crippen molar-refractivity contribution in [2.24, 2.45) is 11.3 Å². The molecule has 1 saturated heterocycles. The van der Waals surface area contributed by atoms with Gasteiger partial charge in [0.1, 0.15) is 5.72 Å². The summed E-state index contributed by atoms with van der Waals surface area (Å²) in [6, 6.07) is 0. The van der Waals surface area contributed by atoms with Crippen LogP contribution in [0, 0.1) is 11.3 Å².